The van der Waals surface area contributed by atoms with E-state index >= 15 is 0 Å². The van der Waals surface area contributed by atoms with Gasteiger partial charge in [-0.1, -0.05) is 0 Å². The summed E-state index contributed by atoms with van der Waals surface area (Å²) in [5.41, 5.74) is 4.84. The van der Waals surface area contributed by atoms with Gasteiger partial charge in [0, 0.05) is 0 Å². The topological polar surface area (TPSA) is 300 Å². The average molecular weight is 490 g/mol. The minimum atomic E-state index is -1.86. The van der Waals surface area contributed by atoms with Gasteiger partial charge in [-0.2, -0.15) is 0 Å². The largest absolute Gasteiger partial charge is 1.00 e. The molecule has 0 radical (unpaired) electrons. The van der Waals surface area contributed by atoms with Crippen molar-refractivity contribution in [3.8, 4) is 0 Å². The average Bonchev–Trinajstić information content (AvgIpc) is 2.75. The molecule has 0 bridgehead atoms. The Balaban J connectivity index is -0.000000116. The second kappa shape index (κ2) is 21.8. The molecule has 16 heteroatoms. The number of Topliss-reactive ketones (excluding diaryl/α,β-unsaturated/α-hetero) is 1. The number of hydrogen-bond donors (Lipinski definition) is 12. The predicted octanol–water partition coefficient (Wildman–Crippen LogP) is -10.2. The third-order valence-electron chi connectivity index (χ3n) is 3.20. The summed E-state index contributed by atoms with van der Waals surface area (Å²) in [5, 5.41) is 94.5. The molecule has 182 valence electrons. The fourth-order valence-corrected chi connectivity index (χ4v) is 1.22. The third kappa shape index (κ3) is 18.2. The van der Waals surface area contributed by atoms with Crippen LogP contribution in [-0.2, 0) is 14.4 Å². The van der Waals surface area contributed by atoms with Crippen LogP contribution in [0.3, 0.4) is 0 Å². The van der Waals surface area contributed by atoms with Gasteiger partial charge in [0.15, 0.2) is 12.1 Å². The van der Waals surface area contributed by atoms with E-state index in [0.29, 0.717) is 0 Å². The van der Waals surface area contributed by atoms with Crippen LogP contribution in [-0.4, -0.2) is 143 Å². The minimum absolute atomic E-state index is 0. The summed E-state index contributed by atoms with van der Waals surface area (Å²) in [4.78, 5) is 30.0. The summed E-state index contributed by atoms with van der Waals surface area (Å²) in [7, 11) is 0. The van der Waals surface area contributed by atoms with Crippen LogP contribution in [0.15, 0.2) is 0 Å². The molecule has 0 unspecified atom stereocenters. The number of carbonyl (C=O) groups excluding carboxylic acids is 2. The first-order valence-corrected chi connectivity index (χ1v) is 8.28. The number of aliphatic hydroxyl groups excluding tert-OH is 10. The molecular weight excluding hydrogens is 457 g/mol. The summed E-state index contributed by atoms with van der Waals surface area (Å²) in [6.07, 6.45) is -12.1. The minimum Gasteiger partial charge on any atom is -1.00 e. The molecule has 0 aliphatic heterocycles. The molecule has 0 saturated heterocycles. The van der Waals surface area contributed by atoms with E-state index < -0.39 is 80.3 Å². The Kier molecular flexibility index (Phi) is 27.0. The van der Waals surface area contributed by atoms with Crippen molar-refractivity contribution >= 4 is 18.0 Å². The number of nitrogens with two attached hydrogens (primary N) is 1. The number of ketones is 1. The third-order valence-corrected chi connectivity index (χ3v) is 3.20. The number of aldehydes is 1. The van der Waals surface area contributed by atoms with Crippen molar-refractivity contribution in [1.29, 1.82) is 0 Å². The molecule has 0 rings (SSSR count). The molecule has 15 nitrogen and oxygen atoms in total. The Hall–Kier alpha value is 0.00636. The Labute approximate surface area is 221 Å². The van der Waals surface area contributed by atoms with E-state index in [9.17, 15) is 14.4 Å². The molecule has 13 N–H and O–H groups in total. The number of carboxylic acid groups (broad SMARTS) is 1. The SMILES string of the molecule is C[C@H](N)C(=O)O.O=C(CO)[C@@H](O)[C@H](O)[C@H](O)CO.O=C[C@H](O)[C@@H](O)[C@H](O)[C@H](O)CO.[H-].[K+]. The van der Waals surface area contributed by atoms with Crippen LogP contribution in [0, 0.1) is 0 Å². The first-order chi connectivity index (χ1) is 13.7. The van der Waals surface area contributed by atoms with Crippen molar-refractivity contribution in [2.24, 2.45) is 5.73 Å². The summed E-state index contributed by atoms with van der Waals surface area (Å²) in [6, 6.07) is -0.731. The quantitative estimate of drug-likeness (QED) is 0.0946. The van der Waals surface area contributed by atoms with E-state index in [2.05, 4.69) is 0 Å². The van der Waals surface area contributed by atoms with Crippen LogP contribution in [0.4, 0.5) is 0 Å². The van der Waals surface area contributed by atoms with Gasteiger partial charge in [-0.05, 0) is 6.92 Å². The molecular formula is C15H32KNO14. The van der Waals surface area contributed by atoms with Crippen molar-refractivity contribution in [2.75, 3.05) is 19.8 Å². The zero-order valence-electron chi connectivity index (χ0n) is 18.0. The molecule has 8 atom stereocenters. The summed E-state index contributed by atoms with van der Waals surface area (Å²) < 4.78 is 0. The monoisotopic (exact) mass is 489 g/mol. The van der Waals surface area contributed by atoms with Crippen LogP contribution >= 0.6 is 0 Å². The van der Waals surface area contributed by atoms with E-state index in [1.807, 2.05) is 0 Å². The second-order valence-corrected chi connectivity index (χ2v) is 5.79. The zero-order chi connectivity index (χ0) is 24.6. The number of hydrogen-bond acceptors (Lipinski definition) is 14. The maximum absolute atomic E-state index is 10.5. The Bertz CT molecular complexity index is 489. The van der Waals surface area contributed by atoms with Crippen molar-refractivity contribution < 1.29 is 123 Å². The number of rotatable bonds is 11. The first-order valence-electron chi connectivity index (χ1n) is 8.28. The normalized spacial score (nSPS) is 17.9. The number of carbonyl (C=O) groups is 3. The molecule has 0 saturated carbocycles. The van der Waals surface area contributed by atoms with E-state index in [0.717, 1.165) is 0 Å². The first kappa shape index (κ1) is 38.3. The molecule has 0 aliphatic rings. The predicted molar refractivity (Wildman–Crippen MR) is 96.8 cm³/mol. The van der Waals surface area contributed by atoms with Crippen molar-refractivity contribution in [3.63, 3.8) is 0 Å². The summed E-state index contributed by atoms with van der Waals surface area (Å²) in [5.74, 6) is -1.97. The van der Waals surface area contributed by atoms with Gasteiger partial charge in [-0.15, -0.1) is 0 Å². The molecule has 0 heterocycles. The van der Waals surface area contributed by atoms with E-state index in [1.165, 1.54) is 6.92 Å². The van der Waals surface area contributed by atoms with Gasteiger partial charge in [-0.25, -0.2) is 0 Å². The molecule has 0 aromatic carbocycles. The maximum Gasteiger partial charge on any atom is 1.00 e. The molecule has 0 aromatic heterocycles. The van der Waals surface area contributed by atoms with Gasteiger partial charge in [-0.3, -0.25) is 9.59 Å². The van der Waals surface area contributed by atoms with Gasteiger partial charge in [0.1, 0.15) is 55.4 Å². The molecule has 0 aromatic rings. The molecule has 0 aliphatic carbocycles. The van der Waals surface area contributed by atoms with Crippen LogP contribution in [0.2, 0.25) is 0 Å². The Morgan fingerprint density at radius 2 is 1.23 bits per heavy atom. The van der Waals surface area contributed by atoms with E-state index in [1.54, 1.807) is 0 Å². The Morgan fingerprint density at radius 1 is 0.871 bits per heavy atom. The van der Waals surface area contributed by atoms with Crippen molar-refractivity contribution in [1.82, 2.24) is 0 Å². The van der Waals surface area contributed by atoms with Gasteiger partial charge in [0.2, 0.25) is 0 Å². The second-order valence-electron chi connectivity index (χ2n) is 5.79. The van der Waals surface area contributed by atoms with Crippen molar-refractivity contribution in [3.05, 3.63) is 0 Å². The number of aliphatic carboxylic acids is 1. The van der Waals surface area contributed by atoms with Crippen LogP contribution in [0.25, 0.3) is 0 Å². The van der Waals surface area contributed by atoms with E-state index in [4.69, 9.17) is 61.9 Å². The van der Waals surface area contributed by atoms with Gasteiger partial charge in [0.05, 0.1) is 13.2 Å². The van der Waals surface area contributed by atoms with Crippen LogP contribution < -0.4 is 57.1 Å². The zero-order valence-corrected chi connectivity index (χ0v) is 20.2. The smallest absolute Gasteiger partial charge is 1.00 e. The molecule has 31 heavy (non-hydrogen) atoms. The van der Waals surface area contributed by atoms with Crippen LogP contribution in [0.1, 0.15) is 8.35 Å². The van der Waals surface area contributed by atoms with Gasteiger partial charge in [0.25, 0.3) is 0 Å². The standard InChI is InChI=1S/2C6H12O6.C3H7NO2.K.H/c2*7-1-3(9)5(11)6(12)4(10)2-8;1-2(4)3(5)6;;/h3,5-9,11-12H,1-2H2;1,3-6,8-12H,2H2;2H,4H2,1H3,(H,5,6);;/q;;;+1;-1/t3-,5-,6-;3-,4+,5+,6+;2-;;/m100../s1. The van der Waals surface area contributed by atoms with Gasteiger partial charge >= 0.3 is 57.4 Å². The van der Waals surface area contributed by atoms with Crippen LogP contribution in [0.5, 0.6) is 0 Å². The van der Waals surface area contributed by atoms with Crippen molar-refractivity contribution in [2.45, 2.75) is 55.7 Å². The molecule has 0 fully saturated rings. The molecule has 0 spiro atoms. The summed E-state index contributed by atoms with van der Waals surface area (Å²) in [6.45, 7) is -1.03. The summed E-state index contributed by atoms with van der Waals surface area (Å²) >= 11 is 0. The fourth-order valence-electron chi connectivity index (χ4n) is 1.22. The maximum atomic E-state index is 10.5. The number of carboxylic acids is 1. The fraction of sp³-hybridized carbons (Fsp3) is 0.800. The number of aliphatic hydroxyl groups is 10. The van der Waals surface area contributed by atoms with E-state index in [-0.39, 0.29) is 59.1 Å². The Morgan fingerprint density at radius 3 is 1.48 bits per heavy atom. The molecule has 0 amide bonds. The van der Waals surface area contributed by atoms with Gasteiger partial charge < -0.3 is 68.1 Å².